The zero-order valence-electron chi connectivity index (χ0n) is 11.9. The first kappa shape index (κ1) is 14.6. The summed E-state index contributed by atoms with van der Waals surface area (Å²) in [6, 6.07) is 5.48. The number of amides is 1. The lowest BCUT2D eigenvalue weighted by Gasteiger charge is -2.32. The molecule has 1 aromatic rings. The molecule has 2 saturated heterocycles. The van der Waals surface area contributed by atoms with Gasteiger partial charge in [0.1, 0.15) is 0 Å². The van der Waals surface area contributed by atoms with Crippen LogP contribution in [0.2, 0.25) is 5.02 Å². The summed E-state index contributed by atoms with van der Waals surface area (Å²) in [5.74, 6) is -0.0249. The third kappa shape index (κ3) is 3.15. The summed E-state index contributed by atoms with van der Waals surface area (Å²) >= 11 is 6.12. The molecule has 1 atom stereocenters. The molecule has 0 aliphatic carbocycles. The zero-order valence-corrected chi connectivity index (χ0v) is 12.7. The number of rotatable bonds is 2. The number of morpholine rings is 1. The van der Waals surface area contributed by atoms with Gasteiger partial charge in [-0.25, -0.2) is 0 Å². The summed E-state index contributed by atoms with van der Waals surface area (Å²) in [6.45, 7) is 4.99. The van der Waals surface area contributed by atoms with Crippen molar-refractivity contribution in [2.75, 3.05) is 45.1 Å². The van der Waals surface area contributed by atoms with E-state index in [4.69, 9.17) is 22.1 Å². The number of likely N-dealkylation sites (tertiary alicyclic amines) is 1. The molecule has 21 heavy (non-hydrogen) atoms. The number of nitrogens with zero attached hydrogens (tertiary/aromatic N) is 2. The Morgan fingerprint density at radius 1 is 1.29 bits per heavy atom. The van der Waals surface area contributed by atoms with Gasteiger partial charge in [-0.2, -0.15) is 0 Å². The molecule has 2 aliphatic rings. The quantitative estimate of drug-likeness (QED) is 0.841. The summed E-state index contributed by atoms with van der Waals surface area (Å²) in [4.78, 5) is 16.9. The lowest BCUT2D eigenvalue weighted by Crippen LogP contribution is -2.45. The maximum absolute atomic E-state index is 12.6. The molecule has 0 bridgehead atoms. The Bertz CT molecular complexity index is 532. The highest BCUT2D eigenvalue weighted by Gasteiger charge is 2.32. The van der Waals surface area contributed by atoms with Crippen LogP contribution in [0, 0.1) is 0 Å². The van der Waals surface area contributed by atoms with Crippen molar-refractivity contribution in [3.8, 4) is 0 Å². The van der Waals surface area contributed by atoms with Gasteiger partial charge in [0.15, 0.2) is 0 Å². The average Bonchev–Trinajstić information content (AvgIpc) is 3.00. The number of anilines is 1. The number of hydrogen-bond acceptors (Lipinski definition) is 4. The van der Waals surface area contributed by atoms with E-state index in [0.29, 0.717) is 22.3 Å². The number of carbonyl (C=O) groups excluding carboxylic acids is 1. The highest BCUT2D eigenvalue weighted by Crippen LogP contribution is 2.24. The molecule has 1 amide bonds. The van der Waals surface area contributed by atoms with Gasteiger partial charge in [-0.15, -0.1) is 0 Å². The average molecular weight is 310 g/mol. The predicted octanol–water partition coefficient (Wildman–Crippen LogP) is 1.47. The Kier molecular flexibility index (Phi) is 4.33. The molecule has 2 heterocycles. The fraction of sp³-hybridized carbons (Fsp3) is 0.533. The molecule has 6 heteroatoms. The molecule has 3 rings (SSSR count). The van der Waals surface area contributed by atoms with Gasteiger partial charge in [-0.05, 0) is 24.6 Å². The van der Waals surface area contributed by atoms with Crippen molar-refractivity contribution in [3.63, 3.8) is 0 Å². The Morgan fingerprint density at radius 2 is 2.05 bits per heavy atom. The van der Waals surface area contributed by atoms with Crippen LogP contribution in [0.3, 0.4) is 0 Å². The SMILES string of the molecule is Nc1ccc(Cl)c(C(=O)N2CCC(N3CCOCC3)C2)c1. The molecule has 5 nitrogen and oxygen atoms in total. The number of nitrogen functional groups attached to an aromatic ring is 1. The Labute approximate surface area is 129 Å². The molecule has 1 aromatic carbocycles. The Morgan fingerprint density at radius 3 is 2.81 bits per heavy atom. The highest BCUT2D eigenvalue weighted by molar-refractivity contribution is 6.34. The monoisotopic (exact) mass is 309 g/mol. The van der Waals surface area contributed by atoms with Crippen molar-refractivity contribution in [2.24, 2.45) is 0 Å². The van der Waals surface area contributed by atoms with Crippen LogP contribution >= 0.6 is 11.6 Å². The standard InChI is InChI=1S/C15H20ClN3O2/c16-14-2-1-11(17)9-13(14)15(20)19-4-3-12(10-19)18-5-7-21-8-6-18/h1-2,9,12H,3-8,10,17H2. The maximum Gasteiger partial charge on any atom is 0.255 e. The molecule has 0 spiro atoms. The minimum absolute atomic E-state index is 0.0249. The number of hydrogen-bond donors (Lipinski definition) is 1. The molecule has 0 radical (unpaired) electrons. The van der Waals surface area contributed by atoms with Crippen molar-refractivity contribution in [2.45, 2.75) is 12.5 Å². The van der Waals surface area contributed by atoms with Gasteiger partial charge in [-0.3, -0.25) is 9.69 Å². The molecule has 0 saturated carbocycles. The molecule has 114 valence electrons. The largest absolute Gasteiger partial charge is 0.399 e. The first-order chi connectivity index (χ1) is 10.1. The zero-order chi connectivity index (χ0) is 14.8. The molecule has 2 aliphatic heterocycles. The van der Waals surface area contributed by atoms with E-state index in [-0.39, 0.29) is 5.91 Å². The van der Waals surface area contributed by atoms with Gasteiger partial charge in [-0.1, -0.05) is 11.6 Å². The lowest BCUT2D eigenvalue weighted by molar-refractivity contribution is 0.0185. The molecular formula is C15H20ClN3O2. The van der Waals surface area contributed by atoms with Gasteiger partial charge in [0.05, 0.1) is 23.8 Å². The fourth-order valence-electron chi connectivity index (χ4n) is 3.04. The maximum atomic E-state index is 12.6. The lowest BCUT2D eigenvalue weighted by atomic mass is 10.1. The molecule has 2 fully saturated rings. The van der Waals surface area contributed by atoms with E-state index in [0.717, 1.165) is 45.8 Å². The normalized spacial score (nSPS) is 23.5. The van der Waals surface area contributed by atoms with E-state index in [1.807, 2.05) is 4.90 Å². The van der Waals surface area contributed by atoms with Crippen LogP contribution in [0.25, 0.3) is 0 Å². The van der Waals surface area contributed by atoms with Gasteiger partial charge in [0, 0.05) is 37.9 Å². The molecule has 1 unspecified atom stereocenters. The van der Waals surface area contributed by atoms with Gasteiger partial charge < -0.3 is 15.4 Å². The van der Waals surface area contributed by atoms with Crippen LogP contribution in [0.15, 0.2) is 18.2 Å². The van der Waals surface area contributed by atoms with Gasteiger partial charge in [0.2, 0.25) is 0 Å². The molecule has 2 N–H and O–H groups in total. The smallest absolute Gasteiger partial charge is 0.255 e. The number of carbonyl (C=O) groups is 1. The summed E-state index contributed by atoms with van der Waals surface area (Å²) < 4.78 is 5.38. The van der Waals surface area contributed by atoms with Gasteiger partial charge in [0.25, 0.3) is 5.91 Å². The molecular weight excluding hydrogens is 290 g/mol. The third-order valence-corrected chi connectivity index (χ3v) is 4.56. The van der Waals surface area contributed by atoms with E-state index in [1.54, 1.807) is 18.2 Å². The first-order valence-corrected chi connectivity index (χ1v) is 7.69. The van der Waals surface area contributed by atoms with E-state index < -0.39 is 0 Å². The Hall–Kier alpha value is -1.30. The van der Waals surface area contributed by atoms with E-state index >= 15 is 0 Å². The van der Waals surface area contributed by atoms with Gasteiger partial charge >= 0.3 is 0 Å². The summed E-state index contributed by atoms with van der Waals surface area (Å²) in [5.41, 5.74) is 6.82. The minimum Gasteiger partial charge on any atom is -0.399 e. The van der Waals surface area contributed by atoms with E-state index in [1.165, 1.54) is 0 Å². The second-order valence-electron chi connectivity index (χ2n) is 5.58. The summed E-state index contributed by atoms with van der Waals surface area (Å²) in [7, 11) is 0. The topological polar surface area (TPSA) is 58.8 Å². The van der Waals surface area contributed by atoms with Crippen molar-refractivity contribution < 1.29 is 9.53 Å². The summed E-state index contributed by atoms with van der Waals surface area (Å²) in [6.07, 6.45) is 1.01. The van der Waals surface area contributed by atoms with Crippen molar-refractivity contribution in [1.82, 2.24) is 9.80 Å². The van der Waals surface area contributed by atoms with Crippen LogP contribution in [0.5, 0.6) is 0 Å². The molecule has 0 aromatic heterocycles. The Balaban J connectivity index is 1.67. The highest BCUT2D eigenvalue weighted by atomic mass is 35.5. The van der Waals surface area contributed by atoms with Crippen molar-refractivity contribution in [3.05, 3.63) is 28.8 Å². The van der Waals surface area contributed by atoms with Crippen LogP contribution < -0.4 is 5.73 Å². The van der Waals surface area contributed by atoms with Crippen molar-refractivity contribution in [1.29, 1.82) is 0 Å². The second kappa shape index (κ2) is 6.22. The summed E-state index contributed by atoms with van der Waals surface area (Å²) in [5, 5.41) is 0.462. The minimum atomic E-state index is -0.0249. The third-order valence-electron chi connectivity index (χ3n) is 4.23. The number of benzene rings is 1. The number of ether oxygens (including phenoxy) is 1. The number of nitrogens with two attached hydrogens (primary N) is 1. The second-order valence-corrected chi connectivity index (χ2v) is 5.99. The number of halogens is 1. The van der Waals surface area contributed by atoms with Crippen LogP contribution in [-0.4, -0.2) is 61.1 Å². The van der Waals surface area contributed by atoms with E-state index in [9.17, 15) is 4.79 Å². The van der Waals surface area contributed by atoms with Crippen LogP contribution in [0.1, 0.15) is 16.8 Å². The predicted molar refractivity (Wildman–Crippen MR) is 82.6 cm³/mol. The fourth-order valence-corrected chi connectivity index (χ4v) is 3.24. The van der Waals surface area contributed by atoms with Crippen LogP contribution in [0.4, 0.5) is 5.69 Å². The van der Waals surface area contributed by atoms with Crippen molar-refractivity contribution >= 4 is 23.2 Å². The first-order valence-electron chi connectivity index (χ1n) is 7.31. The van der Waals surface area contributed by atoms with E-state index in [2.05, 4.69) is 4.90 Å². The van der Waals surface area contributed by atoms with Crippen LogP contribution in [-0.2, 0) is 4.74 Å².